The number of phenolic OH excluding ortho intramolecular Hbond substituents is 1. The van der Waals surface area contributed by atoms with Gasteiger partial charge in [-0.25, -0.2) is 0 Å². The van der Waals surface area contributed by atoms with E-state index in [0.717, 1.165) is 23.5 Å². The van der Waals surface area contributed by atoms with Crippen LogP contribution >= 0.6 is 0 Å². The molecule has 1 aliphatic carbocycles. The van der Waals surface area contributed by atoms with E-state index in [1.165, 1.54) is 32.1 Å². The van der Waals surface area contributed by atoms with Gasteiger partial charge < -0.3 is 41.2 Å². The van der Waals surface area contributed by atoms with E-state index in [1.54, 1.807) is 48.5 Å². The zero-order valence-electron chi connectivity index (χ0n) is 29.2. The van der Waals surface area contributed by atoms with Gasteiger partial charge in [-0.15, -0.1) is 0 Å². The summed E-state index contributed by atoms with van der Waals surface area (Å²) in [5.41, 5.74) is 3.63. The van der Waals surface area contributed by atoms with Crippen molar-refractivity contribution in [3.63, 3.8) is 0 Å². The number of benzene rings is 3. The first-order valence-corrected chi connectivity index (χ1v) is 17.8. The molecule has 1 heterocycles. The maximum Gasteiger partial charge on any atom is 0.251 e. The minimum Gasteiger partial charge on any atom is -0.508 e. The van der Waals surface area contributed by atoms with Gasteiger partial charge in [0.2, 0.25) is 5.95 Å². The van der Waals surface area contributed by atoms with Gasteiger partial charge in [0.05, 0.1) is 26.4 Å². The molecule has 0 bridgehead atoms. The molecule has 2 amide bonds. The summed E-state index contributed by atoms with van der Waals surface area (Å²) in [6.45, 7) is 5.31. The van der Waals surface area contributed by atoms with E-state index in [2.05, 4.69) is 26.6 Å². The molecule has 6 N–H and O–H groups in total. The van der Waals surface area contributed by atoms with Crippen molar-refractivity contribution in [3.05, 3.63) is 95.6 Å². The van der Waals surface area contributed by atoms with Gasteiger partial charge >= 0.3 is 0 Å². The number of hydrogen-bond donors (Lipinski definition) is 6. The largest absolute Gasteiger partial charge is 0.508 e. The molecule has 1 saturated carbocycles. The third kappa shape index (κ3) is 12.0. The van der Waals surface area contributed by atoms with Crippen molar-refractivity contribution in [3.8, 4) is 5.75 Å². The van der Waals surface area contributed by atoms with Gasteiger partial charge in [-0.1, -0.05) is 44.4 Å². The molecule has 4 aromatic rings. The summed E-state index contributed by atoms with van der Waals surface area (Å²) < 4.78 is 11.4. The Labute approximate surface area is 299 Å². The van der Waals surface area contributed by atoms with Crippen molar-refractivity contribution in [2.45, 2.75) is 45.4 Å². The number of nitrogens with zero attached hydrogens (tertiary/aromatic N) is 2. The number of carbonyl (C=O) groups is 2. The van der Waals surface area contributed by atoms with Gasteiger partial charge in [0.1, 0.15) is 17.4 Å². The molecule has 12 heteroatoms. The summed E-state index contributed by atoms with van der Waals surface area (Å²) >= 11 is 0. The lowest BCUT2D eigenvalue weighted by atomic mass is 9.89. The molecule has 0 aliphatic heterocycles. The summed E-state index contributed by atoms with van der Waals surface area (Å²) in [6.07, 6.45) is 6.80. The van der Waals surface area contributed by atoms with Crippen LogP contribution in [0.4, 0.5) is 29.0 Å². The Kier molecular flexibility index (Phi) is 14.4. The molecule has 1 aliphatic rings. The van der Waals surface area contributed by atoms with Gasteiger partial charge in [-0.2, -0.15) is 9.97 Å². The first kappa shape index (κ1) is 37.1. The molecule has 5 rings (SSSR count). The molecule has 0 spiro atoms. The molecule has 0 unspecified atom stereocenters. The van der Waals surface area contributed by atoms with Crippen LogP contribution in [0.2, 0.25) is 0 Å². The fraction of sp³-hybridized carbons (Fsp3) is 0.385. The van der Waals surface area contributed by atoms with E-state index in [0.29, 0.717) is 80.6 Å². The lowest BCUT2D eigenvalue weighted by Crippen LogP contribution is -2.30. The molecule has 3 aromatic carbocycles. The fourth-order valence-electron chi connectivity index (χ4n) is 5.86. The zero-order chi connectivity index (χ0) is 35.7. The monoisotopic (exact) mass is 695 g/mol. The molecule has 12 nitrogen and oxygen atoms in total. The second kappa shape index (κ2) is 19.9. The van der Waals surface area contributed by atoms with Crippen molar-refractivity contribution in [1.82, 2.24) is 20.6 Å². The number of carbonyl (C=O) groups excluding carboxylic acids is 2. The van der Waals surface area contributed by atoms with Crippen molar-refractivity contribution in [2.75, 3.05) is 62.0 Å². The van der Waals surface area contributed by atoms with Crippen LogP contribution in [-0.2, 0) is 15.9 Å². The average molecular weight is 696 g/mol. The van der Waals surface area contributed by atoms with Crippen molar-refractivity contribution < 1.29 is 24.2 Å². The quantitative estimate of drug-likeness (QED) is 0.0478. The van der Waals surface area contributed by atoms with Crippen molar-refractivity contribution in [1.29, 1.82) is 0 Å². The smallest absolute Gasteiger partial charge is 0.251 e. The Bertz CT molecular complexity index is 1660. The average Bonchev–Trinajstić information content (AvgIpc) is 3.16. The number of aromatic hydroxyl groups is 1. The standard InChI is InChI=1S/C39H49N7O5/c1-2-34-35(40-21-23-50-25-26-51-24-22-41-37(48)29-11-7-4-8-12-29)45-39(46-36(34)43-31-17-19-33(47)20-18-31)44-32-15-13-30(14-16-32)38(49)42-27-28-9-5-3-6-10-28/h4,7-8,11-20,28,47H,2-3,5-6,9-10,21-27H2,1H3,(H,41,48)(H,42,49)(H3,40,43,44,45,46). The summed E-state index contributed by atoms with van der Waals surface area (Å²) in [7, 11) is 0. The zero-order valence-corrected chi connectivity index (χ0v) is 29.2. The van der Waals surface area contributed by atoms with Crippen LogP contribution in [0.15, 0.2) is 78.9 Å². The maximum absolute atomic E-state index is 12.8. The predicted octanol–water partition coefficient (Wildman–Crippen LogP) is 6.42. The maximum atomic E-state index is 12.8. The summed E-state index contributed by atoms with van der Waals surface area (Å²) in [5.74, 6) is 2.20. The fourth-order valence-corrected chi connectivity index (χ4v) is 5.86. The Hall–Kier alpha value is -5.20. The van der Waals surface area contributed by atoms with E-state index in [1.807, 2.05) is 37.3 Å². The first-order valence-electron chi connectivity index (χ1n) is 17.8. The molecular weight excluding hydrogens is 646 g/mol. The number of anilines is 5. The van der Waals surface area contributed by atoms with Crippen LogP contribution in [-0.4, -0.2) is 73.0 Å². The third-order valence-corrected chi connectivity index (χ3v) is 8.65. The summed E-state index contributed by atoms with van der Waals surface area (Å²) in [5, 5.41) is 25.7. The van der Waals surface area contributed by atoms with E-state index >= 15 is 0 Å². The number of ether oxygens (including phenoxy) is 2. The highest BCUT2D eigenvalue weighted by atomic mass is 16.5. The van der Waals surface area contributed by atoms with Crippen molar-refractivity contribution in [2.24, 2.45) is 5.92 Å². The van der Waals surface area contributed by atoms with Crippen LogP contribution in [0.25, 0.3) is 0 Å². The number of phenols is 1. The van der Waals surface area contributed by atoms with E-state index in [-0.39, 0.29) is 17.6 Å². The molecule has 1 fully saturated rings. The minimum absolute atomic E-state index is 0.0661. The van der Waals surface area contributed by atoms with Crippen molar-refractivity contribution >= 4 is 40.8 Å². The second-order valence-corrected chi connectivity index (χ2v) is 12.4. The van der Waals surface area contributed by atoms with Gasteiger partial charge in [-0.3, -0.25) is 9.59 Å². The van der Waals surface area contributed by atoms with E-state index in [9.17, 15) is 14.7 Å². The Balaban J connectivity index is 1.13. The van der Waals surface area contributed by atoms with E-state index in [4.69, 9.17) is 19.4 Å². The number of nitrogens with one attached hydrogen (secondary N) is 5. The molecule has 270 valence electrons. The third-order valence-electron chi connectivity index (χ3n) is 8.65. The number of hydrogen-bond acceptors (Lipinski definition) is 10. The molecule has 51 heavy (non-hydrogen) atoms. The Morgan fingerprint density at radius 2 is 1.31 bits per heavy atom. The summed E-state index contributed by atoms with van der Waals surface area (Å²) in [4.78, 5) is 34.5. The van der Waals surface area contributed by atoms with E-state index < -0.39 is 0 Å². The van der Waals surface area contributed by atoms with Gasteiger partial charge in [0, 0.05) is 47.7 Å². The summed E-state index contributed by atoms with van der Waals surface area (Å²) in [6, 6.07) is 23.2. The predicted molar refractivity (Wildman–Crippen MR) is 200 cm³/mol. The Morgan fingerprint density at radius 1 is 0.706 bits per heavy atom. The molecule has 0 radical (unpaired) electrons. The topological polar surface area (TPSA) is 159 Å². The molecule has 0 atom stereocenters. The lowest BCUT2D eigenvalue weighted by molar-refractivity contribution is 0.0519. The van der Waals surface area contributed by atoms with Crippen LogP contribution in [0.1, 0.15) is 65.3 Å². The highest BCUT2D eigenvalue weighted by molar-refractivity contribution is 5.94. The van der Waals surface area contributed by atoms with Gasteiger partial charge in [-0.05, 0) is 85.8 Å². The van der Waals surface area contributed by atoms with Crippen LogP contribution in [0.5, 0.6) is 5.75 Å². The molecule has 1 aromatic heterocycles. The van der Waals surface area contributed by atoms with Gasteiger partial charge in [0.25, 0.3) is 11.8 Å². The van der Waals surface area contributed by atoms with Crippen LogP contribution in [0, 0.1) is 5.92 Å². The lowest BCUT2D eigenvalue weighted by Gasteiger charge is -2.21. The normalized spacial score (nSPS) is 13.0. The molecular formula is C39H49N7O5. The van der Waals surface area contributed by atoms with Gasteiger partial charge in [0.15, 0.2) is 0 Å². The minimum atomic E-state index is -0.125. The number of rotatable bonds is 19. The second-order valence-electron chi connectivity index (χ2n) is 12.4. The van der Waals surface area contributed by atoms with Crippen LogP contribution in [0.3, 0.4) is 0 Å². The number of amides is 2. The molecule has 0 saturated heterocycles. The first-order chi connectivity index (χ1) is 25.0. The van der Waals surface area contributed by atoms with Crippen LogP contribution < -0.4 is 26.6 Å². The highest BCUT2D eigenvalue weighted by Crippen LogP contribution is 2.29. The SMILES string of the molecule is CCc1c(NCCOCCOCCNC(=O)c2ccccc2)nc(Nc2ccc(C(=O)NCC3CCCCC3)cc2)nc1Nc1ccc(O)cc1. The Morgan fingerprint density at radius 3 is 2.02 bits per heavy atom. The number of aromatic nitrogens is 2. The highest BCUT2D eigenvalue weighted by Gasteiger charge is 2.16.